The lowest BCUT2D eigenvalue weighted by atomic mass is 10.3. The van der Waals surface area contributed by atoms with Gasteiger partial charge >= 0.3 is 6.03 Å². The van der Waals surface area contributed by atoms with Crippen LogP contribution in [0.1, 0.15) is 19.3 Å². The van der Waals surface area contributed by atoms with Crippen molar-refractivity contribution in [2.24, 2.45) is 0 Å². The van der Waals surface area contributed by atoms with Gasteiger partial charge in [-0.15, -0.1) is 11.8 Å². The quantitative estimate of drug-likeness (QED) is 0.837. The molecule has 4 nitrogen and oxygen atoms in total. The first-order valence-corrected chi connectivity index (χ1v) is 8.04. The standard InChI is InChI=1S/C14H16ClN3OS/c1-20-13-6-3-10(9-12(13)15)17-14(19)18(8-2-7-16)11-4-5-11/h3,6,9,11H,2,4-5,8H2,1H3,(H,17,19). The summed E-state index contributed by atoms with van der Waals surface area (Å²) in [7, 11) is 0. The van der Waals surface area contributed by atoms with Gasteiger partial charge in [0.1, 0.15) is 0 Å². The monoisotopic (exact) mass is 309 g/mol. The summed E-state index contributed by atoms with van der Waals surface area (Å²) in [6, 6.07) is 7.68. The van der Waals surface area contributed by atoms with Crippen LogP contribution in [0, 0.1) is 11.3 Å². The zero-order valence-corrected chi connectivity index (χ0v) is 12.8. The third kappa shape index (κ3) is 3.81. The first-order valence-electron chi connectivity index (χ1n) is 6.44. The first kappa shape index (κ1) is 15.0. The lowest BCUT2D eigenvalue weighted by molar-refractivity contribution is 0.210. The number of hydrogen-bond acceptors (Lipinski definition) is 3. The number of nitrogens with one attached hydrogen (secondary N) is 1. The van der Waals surface area contributed by atoms with Crippen LogP contribution in [0.15, 0.2) is 23.1 Å². The number of amides is 2. The van der Waals surface area contributed by atoms with Gasteiger partial charge in [-0.3, -0.25) is 0 Å². The Morgan fingerprint density at radius 1 is 1.60 bits per heavy atom. The average Bonchev–Trinajstić information content (AvgIpc) is 3.24. The van der Waals surface area contributed by atoms with Gasteiger partial charge < -0.3 is 10.2 Å². The third-order valence-electron chi connectivity index (χ3n) is 3.12. The number of nitriles is 1. The second-order valence-electron chi connectivity index (χ2n) is 4.61. The van der Waals surface area contributed by atoms with E-state index < -0.39 is 0 Å². The molecule has 106 valence electrons. The Balaban J connectivity index is 2.02. The lowest BCUT2D eigenvalue weighted by Crippen LogP contribution is -2.37. The molecule has 1 saturated carbocycles. The molecule has 0 aromatic heterocycles. The maximum Gasteiger partial charge on any atom is 0.322 e. The number of urea groups is 1. The second kappa shape index (κ2) is 6.87. The van der Waals surface area contributed by atoms with Crippen LogP contribution in [0.25, 0.3) is 0 Å². The summed E-state index contributed by atoms with van der Waals surface area (Å²) in [4.78, 5) is 14.9. The molecule has 0 bridgehead atoms. The minimum absolute atomic E-state index is 0.157. The molecule has 1 fully saturated rings. The number of halogens is 1. The molecule has 1 N–H and O–H groups in total. The summed E-state index contributed by atoms with van der Waals surface area (Å²) >= 11 is 7.69. The van der Waals surface area contributed by atoms with Crippen molar-refractivity contribution < 1.29 is 4.79 Å². The average molecular weight is 310 g/mol. The molecule has 0 aliphatic heterocycles. The van der Waals surface area contributed by atoms with Gasteiger partial charge in [-0.2, -0.15) is 5.26 Å². The lowest BCUT2D eigenvalue weighted by Gasteiger charge is -2.21. The molecule has 0 unspecified atom stereocenters. The molecule has 0 saturated heterocycles. The predicted molar refractivity (Wildman–Crippen MR) is 82.2 cm³/mol. The second-order valence-corrected chi connectivity index (χ2v) is 5.87. The maximum atomic E-state index is 12.2. The van der Waals surface area contributed by atoms with Crippen LogP contribution in [0.5, 0.6) is 0 Å². The molecular formula is C14H16ClN3OS. The molecule has 6 heteroatoms. The van der Waals surface area contributed by atoms with Gasteiger partial charge in [-0.1, -0.05) is 11.6 Å². The number of hydrogen-bond donors (Lipinski definition) is 1. The van der Waals surface area contributed by atoms with Gasteiger partial charge in [0.15, 0.2) is 0 Å². The topological polar surface area (TPSA) is 56.1 Å². The van der Waals surface area contributed by atoms with Crippen molar-refractivity contribution in [3.05, 3.63) is 23.2 Å². The smallest absolute Gasteiger partial charge is 0.321 e. The van der Waals surface area contributed by atoms with E-state index in [0.29, 0.717) is 23.7 Å². The van der Waals surface area contributed by atoms with E-state index in [1.807, 2.05) is 18.4 Å². The van der Waals surface area contributed by atoms with Crippen LogP contribution in [-0.4, -0.2) is 29.8 Å². The molecule has 0 atom stereocenters. The van der Waals surface area contributed by atoms with E-state index in [4.69, 9.17) is 16.9 Å². The SMILES string of the molecule is CSc1ccc(NC(=O)N(CCC#N)C2CC2)cc1Cl. The zero-order chi connectivity index (χ0) is 14.5. The zero-order valence-electron chi connectivity index (χ0n) is 11.2. The fraction of sp³-hybridized carbons (Fsp3) is 0.429. The van der Waals surface area contributed by atoms with E-state index in [-0.39, 0.29) is 12.1 Å². The van der Waals surface area contributed by atoms with Crippen LogP contribution >= 0.6 is 23.4 Å². The highest BCUT2D eigenvalue weighted by molar-refractivity contribution is 7.98. The van der Waals surface area contributed by atoms with Crippen molar-refractivity contribution in [3.8, 4) is 6.07 Å². The normalized spacial score (nSPS) is 13.7. The Morgan fingerprint density at radius 3 is 2.90 bits per heavy atom. The van der Waals surface area contributed by atoms with Gasteiger partial charge in [0.25, 0.3) is 0 Å². The predicted octanol–water partition coefficient (Wildman–Crippen LogP) is 3.97. The molecule has 2 amide bonds. The van der Waals surface area contributed by atoms with Crippen molar-refractivity contribution in [2.75, 3.05) is 18.1 Å². The third-order valence-corrected chi connectivity index (χ3v) is 4.34. The number of carbonyl (C=O) groups is 1. The summed E-state index contributed by atoms with van der Waals surface area (Å²) in [5, 5.41) is 12.1. The molecule has 1 aromatic carbocycles. The van der Waals surface area contributed by atoms with Gasteiger partial charge in [0.2, 0.25) is 0 Å². The highest BCUT2D eigenvalue weighted by Crippen LogP contribution is 2.30. The van der Waals surface area contributed by atoms with Crippen LogP contribution < -0.4 is 5.32 Å². The van der Waals surface area contributed by atoms with Gasteiger partial charge in [-0.05, 0) is 37.3 Å². The minimum atomic E-state index is -0.157. The molecule has 2 rings (SSSR count). The first-order chi connectivity index (χ1) is 9.65. The van der Waals surface area contributed by atoms with Crippen LogP contribution in [0.2, 0.25) is 5.02 Å². The van der Waals surface area contributed by atoms with E-state index in [0.717, 1.165) is 17.7 Å². The largest absolute Gasteiger partial charge is 0.322 e. The van der Waals surface area contributed by atoms with Gasteiger partial charge in [0, 0.05) is 23.2 Å². The Hall–Kier alpha value is -1.38. The molecule has 1 aromatic rings. The van der Waals surface area contributed by atoms with E-state index in [1.165, 1.54) is 0 Å². The Kier molecular flexibility index (Phi) is 5.16. The summed E-state index contributed by atoms with van der Waals surface area (Å²) < 4.78 is 0. The Morgan fingerprint density at radius 2 is 2.35 bits per heavy atom. The molecule has 1 aliphatic rings. The molecular weight excluding hydrogens is 294 g/mol. The maximum absolute atomic E-state index is 12.2. The molecule has 0 radical (unpaired) electrons. The van der Waals surface area contributed by atoms with E-state index in [9.17, 15) is 4.79 Å². The number of nitrogens with zero attached hydrogens (tertiary/aromatic N) is 2. The summed E-state index contributed by atoms with van der Waals surface area (Å²) in [6.07, 6.45) is 4.35. The van der Waals surface area contributed by atoms with Crippen LogP contribution in [-0.2, 0) is 0 Å². The minimum Gasteiger partial charge on any atom is -0.321 e. The van der Waals surface area contributed by atoms with Crippen molar-refractivity contribution >= 4 is 35.1 Å². The van der Waals surface area contributed by atoms with Crippen molar-refractivity contribution in [3.63, 3.8) is 0 Å². The Bertz CT molecular complexity index is 540. The highest BCUT2D eigenvalue weighted by atomic mass is 35.5. The van der Waals surface area contributed by atoms with E-state index >= 15 is 0 Å². The number of benzene rings is 1. The van der Waals surface area contributed by atoms with Gasteiger partial charge in [-0.25, -0.2) is 4.79 Å². The summed E-state index contributed by atoms with van der Waals surface area (Å²) in [5.74, 6) is 0. The number of thioether (sulfide) groups is 1. The van der Waals surface area contributed by atoms with E-state index in [1.54, 1.807) is 22.7 Å². The molecule has 1 aliphatic carbocycles. The fourth-order valence-electron chi connectivity index (χ4n) is 1.95. The van der Waals surface area contributed by atoms with Gasteiger partial charge in [0.05, 0.1) is 17.5 Å². The summed E-state index contributed by atoms with van der Waals surface area (Å²) in [6.45, 7) is 0.476. The number of carbonyl (C=O) groups excluding carboxylic acids is 1. The number of anilines is 1. The van der Waals surface area contributed by atoms with Crippen molar-refractivity contribution in [2.45, 2.75) is 30.2 Å². The highest BCUT2D eigenvalue weighted by Gasteiger charge is 2.32. The molecule has 0 heterocycles. The van der Waals surface area contributed by atoms with Crippen molar-refractivity contribution in [1.29, 1.82) is 5.26 Å². The molecule has 0 spiro atoms. The fourth-order valence-corrected chi connectivity index (χ4v) is 2.82. The van der Waals surface area contributed by atoms with E-state index in [2.05, 4.69) is 11.4 Å². The number of rotatable bonds is 5. The van der Waals surface area contributed by atoms with Crippen LogP contribution in [0.3, 0.4) is 0 Å². The molecule has 20 heavy (non-hydrogen) atoms. The van der Waals surface area contributed by atoms with Crippen molar-refractivity contribution in [1.82, 2.24) is 4.90 Å². The van der Waals surface area contributed by atoms with Crippen LogP contribution in [0.4, 0.5) is 10.5 Å². The Labute approximate surface area is 128 Å². The summed E-state index contributed by atoms with van der Waals surface area (Å²) in [5.41, 5.74) is 0.681.